The third kappa shape index (κ3) is 2.57. The van der Waals surface area contributed by atoms with E-state index in [2.05, 4.69) is 42.0 Å². The molecule has 3 rings (SSSR count). The minimum Gasteiger partial charge on any atom is -0.365 e. The van der Waals surface area contributed by atoms with Crippen molar-refractivity contribution in [1.29, 1.82) is 0 Å². The molecule has 0 heterocycles. The molecule has 1 aliphatic rings. The molecule has 0 radical (unpaired) electrons. The van der Waals surface area contributed by atoms with E-state index in [1.165, 1.54) is 11.1 Å². The van der Waals surface area contributed by atoms with Gasteiger partial charge in [-0.3, -0.25) is 0 Å². The lowest BCUT2D eigenvalue weighted by atomic mass is 9.99. The number of methoxy groups -OCH3 is 1. The Kier molecular flexibility index (Phi) is 3.53. The third-order valence-electron chi connectivity index (χ3n) is 3.97. The second-order valence-electron chi connectivity index (χ2n) is 5.26. The molecule has 0 aromatic heterocycles. The molecule has 2 aromatic rings. The standard InChI is InChI=1S/C20H16O/c1-3-16-8-4-5-9-17(16)12-13-20(21-2)14-18-10-6-7-11-19(18)15-20/h1,4-11H,14-15H2,2H3. The van der Waals surface area contributed by atoms with Crippen molar-refractivity contribution in [2.45, 2.75) is 18.4 Å². The molecule has 21 heavy (non-hydrogen) atoms. The van der Waals surface area contributed by atoms with Gasteiger partial charge in [-0.05, 0) is 23.3 Å². The molecular weight excluding hydrogens is 256 g/mol. The van der Waals surface area contributed by atoms with Gasteiger partial charge in [0.1, 0.15) is 5.60 Å². The largest absolute Gasteiger partial charge is 0.365 e. The van der Waals surface area contributed by atoms with E-state index < -0.39 is 5.60 Å². The van der Waals surface area contributed by atoms with E-state index in [4.69, 9.17) is 11.2 Å². The van der Waals surface area contributed by atoms with E-state index in [1.807, 2.05) is 24.3 Å². The van der Waals surface area contributed by atoms with Gasteiger partial charge >= 0.3 is 0 Å². The topological polar surface area (TPSA) is 9.23 Å². The molecule has 0 fully saturated rings. The van der Waals surface area contributed by atoms with Crippen LogP contribution in [0.1, 0.15) is 22.3 Å². The van der Waals surface area contributed by atoms with Crippen molar-refractivity contribution < 1.29 is 4.74 Å². The van der Waals surface area contributed by atoms with Crippen molar-refractivity contribution in [2.75, 3.05) is 7.11 Å². The average Bonchev–Trinajstić information content (AvgIpc) is 2.92. The Labute approximate surface area is 126 Å². The molecule has 0 saturated heterocycles. The molecule has 0 spiro atoms. The highest BCUT2D eigenvalue weighted by Gasteiger charge is 2.35. The maximum Gasteiger partial charge on any atom is 0.136 e. The number of terminal acetylenes is 1. The van der Waals surface area contributed by atoms with Crippen molar-refractivity contribution in [1.82, 2.24) is 0 Å². The molecule has 0 N–H and O–H groups in total. The Morgan fingerprint density at radius 3 is 2.10 bits per heavy atom. The lowest BCUT2D eigenvalue weighted by Crippen LogP contribution is -2.30. The summed E-state index contributed by atoms with van der Waals surface area (Å²) in [6, 6.07) is 16.2. The van der Waals surface area contributed by atoms with E-state index in [9.17, 15) is 0 Å². The van der Waals surface area contributed by atoms with E-state index >= 15 is 0 Å². The summed E-state index contributed by atoms with van der Waals surface area (Å²) in [5, 5.41) is 0. The van der Waals surface area contributed by atoms with Gasteiger partial charge < -0.3 is 4.74 Å². The lowest BCUT2D eigenvalue weighted by Gasteiger charge is -2.20. The van der Waals surface area contributed by atoms with Crippen LogP contribution in [0.2, 0.25) is 0 Å². The minimum atomic E-state index is -0.439. The van der Waals surface area contributed by atoms with Gasteiger partial charge in [-0.15, -0.1) is 6.42 Å². The van der Waals surface area contributed by atoms with Crippen molar-refractivity contribution in [3.05, 3.63) is 70.8 Å². The Bertz CT molecular complexity index is 743. The van der Waals surface area contributed by atoms with Gasteiger partial charge in [0.2, 0.25) is 0 Å². The summed E-state index contributed by atoms with van der Waals surface area (Å²) < 4.78 is 5.75. The summed E-state index contributed by atoms with van der Waals surface area (Å²) in [5.41, 5.74) is 3.91. The molecule has 0 aliphatic heterocycles. The van der Waals surface area contributed by atoms with Crippen LogP contribution >= 0.6 is 0 Å². The summed E-state index contributed by atoms with van der Waals surface area (Å²) in [6.07, 6.45) is 7.17. The first kappa shape index (κ1) is 13.5. The second kappa shape index (κ2) is 5.49. The summed E-state index contributed by atoms with van der Waals surface area (Å²) in [4.78, 5) is 0. The van der Waals surface area contributed by atoms with Gasteiger partial charge in [0, 0.05) is 31.1 Å². The fourth-order valence-electron chi connectivity index (χ4n) is 2.76. The van der Waals surface area contributed by atoms with Crippen LogP contribution in [-0.2, 0) is 17.6 Å². The monoisotopic (exact) mass is 272 g/mol. The molecule has 1 nitrogen and oxygen atoms in total. The number of benzene rings is 2. The predicted molar refractivity (Wildman–Crippen MR) is 84.8 cm³/mol. The molecule has 1 heteroatoms. The smallest absolute Gasteiger partial charge is 0.136 e. The number of rotatable bonds is 1. The van der Waals surface area contributed by atoms with Crippen LogP contribution in [-0.4, -0.2) is 12.7 Å². The minimum absolute atomic E-state index is 0.439. The molecule has 2 aromatic carbocycles. The average molecular weight is 272 g/mol. The first-order chi connectivity index (χ1) is 10.3. The number of hydrogen-bond acceptors (Lipinski definition) is 1. The third-order valence-corrected chi connectivity index (χ3v) is 3.97. The van der Waals surface area contributed by atoms with Crippen molar-refractivity contribution in [3.63, 3.8) is 0 Å². The zero-order chi connectivity index (χ0) is 14.7. The van der Waals surface area contributed by atoms with Gasteiger partial charge in [0.05, 0.1) is 0 Å². The Morgan fingerprint density at radius 1 is 0.952 bits per heavy atom. The zero-order valence-electron chi connectivity index (χ0n) is 12.0. The maximum atomic E-state index is 5.75. The first-order valence-electron chi connectivity index (χ1n) is 6.97. The lowest BCUT2D eigenvalue weighted by molar-refractivity contribution is 0.0504. The van der Waals surface area contributed by atoms with Crippen LogP contribution in [0.3, 0.4) is 0 Å². The fraction of sp³-hybridized carbons (Fsp3) is 0.200. The number of ether oxygens (including phenoxy) is 1. The predicted octanol–water partition coefficient (Wildman–Crippen LogP) is 3.20. The van der Waals surface area contributed by atoms with Crippen molar-refractivity contribution in [2.24, 2.45) is 0 Å². The van der Waals surface area contributed by atoms with Crippen LogP contribution in [0.15, 0.2) is 48.5 Å². The molecule has 0 atom stereocenters. The molecular formula is C20H16O. The highest BCUT2D eigenvalue weighted by molar-refractivity contribution is 5.51. The van der Waals surface area contributed by atoms with Crippen LogP contribution in [0.4, 0.5) is 0 Å². The van der Waals surface area contributed by atoms with E-state index in [1.54, 1.807) is 7.11 Å². The Hall–Kier alpha value is -2.48. The van der Waals surface area contributed by atoms with Crippen LogP contribution in [0.25, 0.3) is 0 Å². The van der Waals surface area contributed by atoms with Gasteiger partial charge in [-0.25, -0.2) is 0 Å². The number of fused-ring (bicyclic) bond motifs is 1. The normalized spacial score (nSPS) is 14.7. The van der Waals surface area contributed by atoms with E-state index in [-0.39, 0.29) is 0 Å². The Morgan fingerprint density at radius 2 is 1.52 bits per heavy atom. The second-order valence-corrected chi connectivity index (χ2v) is 5.26. The van der Waals surface area contributed by atoms with Gasteiger partial charge in [0.25, 0.3) is 0 Å². The summed E-state index contributed by atoms with van der Waals surface area (Å²) in [5.74, 6) is 9.21. The van der Waals surface area contributed by atoms with E-state index in [0.717, 1.165) is 24.0 Å². The highest BCUT2D eigenvalue weighted by atomic mass is 16.5. The van der Waals surface area contributed by atoms with Crippen LogP contribution in [0, 0.1) is 24.2 Å². The maximum absolute atomic E-state index is 5.75. The zero-order valence-corrected chi connectivity index (χ0v) is 12.0. The van der Waals surface area contributed by atoms with Crippen LogP contribution < -0.4 is 0 Å². The van der Waals surface area contributed by atoms with Crippen molar-refractivity contribution in [3.8, 4) is 24.2 Å². The summed E-state index contributed by atoms with van der Waals surface area (Å²) in [6.45, 7) is 0. The summed E-state index contributed by atoms with van der Waals surface area (Å²) in [7, 11) is 1.73. The van der Waals surface area contributed by atoms with Crippen LogP contribution in [0.5, 0.6) is 0 Å². The molecule has 102 valence electrons. The molecule has 0 saturated carbocycles. The molecule has 0 bridgehead atoms. The summed E-state index contributed by atoms with van der Waals surface area (Å²) >= 11 is 0. The van der Waals surface area contributed by atoms with E-state index in [0.29, 0.717) is 0 Å². The molecule has 0 amide bonds. The Balaban J connectivity index is 1.95. The SMILES string of the molecule is C#Cc1ccccc1C#CC1(OC)Cc2ccccc2C1. The van der Waals surface area contributed by atoms with Gasteiger partial charge in [0.15, 0.2) is 0 Å². The molecule has 1 aliphatic carbocycles. The van der Waals surface area contributed by atoms with Gasteiger partial charge in [-0.2, -0.15) is 0 Å². The fourth-order valence-corrected chi connectivity index (χ4v) is 2.76. The number of hydrogen-bond donors (Lipinski definition) is 0. The molecule has 0 unspecified atom stereocenters. The first-order valence-corrected chi connectivity index (χ1v) is 6.97. The van der Waals surface area contributed by atoms with Gasteiger partial charge in [-0.1, -0.05) is 54.2 Å². The highest BCUT2D eigenvalue weighted by Crippen LogP contribution is 2.32. The quantitative estimate of drug-likeness (QED) is 0.724. The van der Waals surface area contributed by atoms with Crippen molar-refractivity contribution >= 4 is 0 Å².